The van der Waals surface area contributed by atoms with Gasteiger partial charge < -0.3 is 5.73 Å². The number of pyridine rings is 1. The van der Waals surface area contributed by atoms with Gasteiger partial charge in [0.25, 0.3) is 0 Å². The molecule has 0 aliphatic carbocycles. The second-order valence-corrected chi connectivity index (χ2v) is 6.64. The normalized spacial score (nSPS) is 19.9. The van der Waals surface area contributed by atoms with E-state index in [2.05, 4.69) is 4.98 Å². The zero-order valence-electron chi connectivity index (χ0n) is 10.8. The van der Waals surface area contributed by atoms with Crippen LogP contribution in [-0.2, 0) is 10.0 Å². The minimum absolute atomic E-state index is 0. The van der Waals surface area contributed by atoms with Gasteiger partial charge in [-0.1, -0.05) is 6.07 Å². The van der Waals surface area contributed by atoms with Gasteiger partial charge in [0.1, 0.15) is 0 Å². The molecular weight excluding hydrogens is 298 g/mol. The largest absolute Gasteiger partial charge is 0.326 e. The monoisotopic (exact) mass is 313 g/mol. The molecule has 3 rings (SSSR count). The zero-order valence-corrected chi connectivity index (χ0v) is 12.4. The first kappa shape index (κ1) is 15.2. The van der Waals surface area contributed by atoms with Gasteiger partial charge in [-0.15, -0.1) is 12.4 Å². The second-order valence-electron chi connectivity index (χ2n) is 4.74. The van der Waals surface area contributed by atoms with Crippen molar-refractivity contribution in [2.45, 2.75) is 17.4 Å². The van der Waals surface area contributed by atoms with Crippen LogP contribution in [-0.4, -0.2) is 36.8 Å². The molecule has 0 spiro atoms. The molecule has 1 aromatic heterocycles. The van der Waals surface area contributed by atoms with E-state index in [1.165, 1.54) is 4.31 Å². The van der Waals surface area contributed by atoms with E-state index in [0.717, 1.165) is 0 Å². The van der Waals surface area contributed by atoms with Crippen molar-refractivity contribution in [3.63, 3.8) is 0 Å². The topological polar surface area (TPSA) is 76.3 Å². The number of rotatable bonds is 2. The van der Waals surface area contributed by atoms with Crippen LogP contribution in [0.1, 0.15) is 6.42 Å². The molecule has 2 N–H and O–H groups in total. The van der Waals surface area contributed by atoms with Crippen molar-refractivity contribution >= 4 is 33.3 Å². The summed E-state index contributed by atoms with van der Waals surface area (Å²) in [4.78, 5) is 4.50. The van der Waals surface area contributed by atoms with E-state index >= 15 is 0 Å². The van der Waals surface area contributed by atoms with Gasteiger partial charge in [-0.2, -0.15) is 4.31 Å². The van der Waals surface area contributed by atoms with Gasteiger partial charge in [0.05, 0.1) is 10.4 Å². The highest BCUT2D eigenvalue weighted by Gasteiger charge is 2.31. The highest BCUT2D eigenvalue weighted by atomic mass is 35.5. The molecule has 20 heavy (non-hydrogen) atoms. The van der Waals surface area contributed by atoms with Crippen molar-refractivity contribution in [3.05, 3.63) is 36.5 Å². The molecule has 2 heterocycles. The summed E-state index contributed by atoms with van der Waals surface area (Å²) in [5.74, 6) is 0. The summed E-state index contributed by atoms with van der Waals surface area (Å²) in [6.45, 7) is 0.874. The van der Waals surface area contributed by atoms with Gasteiger partial charge in [-0.05, 0) is 30.7 Å². The van der Waals surface area contributed by atoms with Gasteiger partial charge in [0, 0.05) is 30.7 Å². The van der Waals surface area contributed by atoms with Crippen LogP contribution in [0.25, 0.3) is 10.9 Å². The number of hydrogen-bond acceptors (Lipinski definition) is 4. The van der Waals surface area contributed by atoms with Crippen LogP contribution in [0.2, 0.25) is 0 Å². The van der Waals surface area contributed by atoms with E-state index in [0.29, 0.717) is 35.3 Å². The molecule has 1 aliphatic rings. The molecule has 1 unspecified atom stereocenters. The molecule has 0 radical (unpaired) electrons. The lowest BCUT2D eigenvalue weighted by Gasteiger charge is -2.17. The van der Waals surface area contributed by atoms with E-state index in [1.54, 1.807) is 30.5 Å². The Morgan fingerprint density at radius 3 is 2.75 bits per heavy atom. The number of fused-ring (bicyclic) bond motifs is 1. The molecule has 2 aromatic rings. The Bertz CT molecular complexity index is 715. The Morgan fingerprint density at radius 2 is 2.05 bits per heavy atom. The van der Waals surface area contributed by atoms with Crippen molar-refractivity contribution in [1.82, 2.24) is 9.29 Å². The number of sulfonamides is 1. The maximum Gasteiger partial charge on any atom is 0.243 e. The molecule has 108 valence electrons. The van der Waals surface area contributed by atoms with Crippen molar-refractivity contribution in [2.75, 3.05) is 13.1 Å². The van der Waals surface area contributed by atoms with Gasteiger partial charge in [0.2, 0.25) is 10.0 Å². The minimum Gasteiger partial charge on any atom is -0.326 e. The highest BCUT2D eigenvalue weighted by Crippen LogP contribution is 2.26. The number of aromatic nitrogens is 1. The van der Waals surface area contributed by atoms with Crippen LogP contribution in [0.5, 0.6) is 0 Å². The molecule has 1 atom stereocenters. The van der Waals surface area contributed by atoms with E-state index in [4.69, 9.17) is 5.73 Å². The summed E-state index contributed by atoms with van der Waals surface area (Å²) < 4.78 is 26.7. The van der Waals surface area contributed by atoms with Crippen molar-refractivity contribution < 1.29 is 8.42 Å². The smallest absolute Gasteiger partial charge is 0.243 e. The van der Waals surface area contributed by atoms with Crippen LogP contribution in [0.4, 0.5) is 0 Å². The van der Waals surface area contributed by atoms with Crippen LogP contribution in [0.3, 0.4) is 0 Å². The standard InChI is InChI=1S/C13H15N3O2S.ClH/c14-10-6-8-16(9-10)19(17,18)13-5-1-4-12-11(13)3-2-7-15-12;/h1-5,7,10H,6,8-9,14H2;1H. The summed E-state index contributed by atoms with van der Waals surface area (Å²) in [7, 11) is -3.48. The molecule has 0 amide bonds. The number of halogens is 1. The molecule has 7 heteroatoms. The van der Waals surface area contributed by atoms with Gasteiger partial charge in [-0.25, -0.2) is 8.42 Å². The van der Waals surface area contributed by atoms with E-state index in [1.807, 2.05) is 6.07 Å². The SMILES string of the molecule is Cl.NC1CCN(S(=O)(=O)c2cccc3ncccc23)C1. The van der Waals surface area contributed by atoms with Crippen LogP contribution >= 0.6 is 12.4 Å². The third-order valence-corrected chi connectivity index (χ3v) is 5.33. The summed E-state index contributed by atoms with van der Waals surface area (Å²) >= 11 is 0. The quantitative estimate of drug-likeness (QED) is 0.908. The van der Waals surface area contributed by atoms with Crippen LogP contribution in [0, 0.1) is 0 Å². The number of nitrogens with two attached hydrogens (primary N) is 1. The summed E-state index contributed by atoms with van der Waals surface area (Å²) in [5, 5.41) is 0.658. The molecular formula is C13H16ClN3O2S. The first-order valence-electron chi connectivity index (χ1n) is 6.18. The summed E-state index contributed by atoms with van der Waals surface area (Å²) in [6, 6.07) is 8.62. The second kappa shape index (κ2) is 5.65. The third-order valence-electron chi connectivity index (χ3n) is 3.41. The first-order valence-corrected chi connectivity index (χ1v) is 7.62. The Balaban J connectivity index is 0.00000147. The lowest BCUT2D eigenvalue weighted by Crippen LogP contribution is -2.32. The fourth-order valence-electron chi connectivity index (χ4n) is 2.41. The van der Waals surface area contributed by atoms with Crippen molar-refractivity contribution in [3.8, 4) is 0 Å². The van der Waals surface area contributed by atoms with E-state index in [-0.39, 0.29) is 18.4 Å². The van der Waals surface area contributed by atoms with Crippen molar-refractivity contribution in [1.29, 1.82) is 0 Å². The van der Waals surface area contributed by atoms with Crippen LogP contribution in [0.15, 0.2) is 41.4 Å². The Morgan fingerprint density at radius 1 is 1.25 bits per heavy atom. The Kier molecular flexibility index (Phi) is 4.29. The Labute approximate surface area is 124 Å². The average Bonchev–Trinajstić information content (AvgIpc) is 2.85. The number of nitrogens with zero attached hydrogens (tertiary/aromatic N) is 2. The van der Waals surface area contributed by atoms with Crippen molar-refractivity contribution in [2.24, 2.45) is 5.73 Å². The molecule has 1 aliphatic heterocycles. The van der Waals surface area contributed by atoms with Gasteiger partial charge >= 0.3 is 0 Å². The summed E-state index contributed by atoms with van der Waals surface area (Å²) in [6.07, 6.45) is 2.37. The lowest BCUT2D eigenvalue weighted by molar-refractivity contribution is 0.473. The maximum atomic E-state index is 12.6. The molecule has 0 bridgehead atoms. The highest BCUT2D eigenvalue weighted by molar-refractivity contribution is 7.89. The lowest BCUT2D eigenvalue weighted by atomic mass is 10.2. The van der Waals surface area contributed by atoms with Gasteiger partial charge in [0.15, 0.2) is 0 Å². The molecule has 1 aromatic carbocycles. The minimum atomic E-state index is -3.48. The molecule has 5 nitrogen and oxygen atoms in total. The maximum absolute atomic E-state index is 12.6. The Hall–Kier alpha value is -1.21. The fraction of sp³-hybridized carbons (Fsp3) is 0.308. The molecule has 1 fully saturated rings. The van der Waals surface area contributed by atoms with E-state index in [9.17, 15) is 8.42 Å². The van der Waals surface area contributed by atoms with Crippen LogP contribution < -0.4 is 5.73 Å². The number of benzene rings is 1. The predicted octanol–water partition coefficient (Wildman–Crippen LogP) is 1.38. The fourth-order valence-corrected chi connectivity index (χ4v) is 4.12. The summed E-state index contributed by atoms with van der Waals surface area (Å²) in [5.41, 5.74) is 6.48. The molecule has 0 saturated carbocycles. The average molecular weight is 314 g/mol. The molecule has 1 saturated heterocycles. The number of hydrogen-bond donors (Lipinski definition) is 1. The zero-order chi connectivity index (χ0) is 13.5. The third kappa shape index (κ3) is 2.52. The van der Waals surface area contributed by atoms with Gasteiger partial charge in [-0.3, -0.25) is 4.98 Å². The predicted molar refractivity (Wildman–Crippen MR) is 80.3 cm³/mol. The first-order chi connectivity index (χ1) is 9.09. The van der Waals surface area contributed by atoms with E-state index < -0.39 is 10.0 Å².